The molecule has 0 saturated heterocycles. The number of hydrogen-bond acceptors (Lipinski definition) is 2. The van der Waals surface area contributed by atoms with Crippen molar-refractivity contribution >= 4 is 5.91 Å². The molecule has 0 saturated carbocycles. The lowest BCUT2D eigenvalue weighted by atomic mass is 10.1. The van der Waals surface area contributed by atoms with Gasteiger partial charge in [-0.1, -0.05) is 25.5 Å². The third kappa shape index (κ3) is 4.78. The molecule has 0 spiro atoms. The van der Waals surface area contributed by atoms with E-state index in [1.165, 1.54) is 0 Å². The van der Waals surface area contributed by atoms with Gasteiger partial charge >= 0.3 is 0 Å². The first kappa shape index (κ1) is 14.6. The molecule has 1 unspecified atom stereocenters. The molecule has 100 valence electrons. The highest BCUT2D eigenvalue weighted by Gasteiger charge is 2.08. The average molecular weight is 249 g/mol. The lowest BCUT2D eigenvalue weighted by Gasteiger charge is -2.14. The smallest absolute Gasteiger partial charge is 0.220 e. The fraction of sp³-hybridized carbons (Fsp3) is 0.533. The van der Waals surface area contributed by atoms with E-state index in [1.54, 1.807) is 0 Å². The first-order valence-corrected chi connectivity index (χ1v) is 6.69. The summed E-state index contributed by atoms with van der Waals surface area (Å²) in [6.07, 6.45) is 2.60. The third-order valence-electron chi connectivity index (χ3n) is 2.83. The molecule has 0 aromatic heterocycles. The first-order valence-electron chi connectivity index (χ1n) is 6.69. The van der Waals surface area contributed by atoms with Gasteiger partial charge in [0.25, 0.3) is 0 Å². The van der Waals surface area contributed by atoms with Crippen molar-refractivity contribution in [2.45, 2.75) is 46.1 Å². The molecule has 1 amide bonds. The minimum Gasteiger partial charge on any atom is -0.494 e. The molecule has 0 fully saturated rings. The van der Waals surface area contributed by atoms with Gasteiger partial charge in [0.15, 0.2) is 0 Å². The fourth-order valence-corrected chi connectivity index (χ4v) is 1.75. The molecule has 1 N–H and O–H groups in total. The molecule has 0 heterocycles. The van der Waals surface area contributed by atoms with Crippen LogP contribution >= 0.6 is 0 Å². The zero-order chi connectivity index (χ0) is 13.4. The number of unbranched alkanes of at least 4 members (excludes halogenated alkanes) is 1. The summed E-state index contributed by atoms with van der Waals surface area (Å²) < 4.78 is 5.39. The van der Waals surface area contributed by atoms with Crippen LogP contribution in [0.4, 0.5) is 0 Å². The van der Waals surface area contributed by atoms with Crippen LogP contribution in [0.25, 0.3) is 0 Å². The Morgan fingerprint density at radius 1 is 1.28 bits per heavy atom. The van der Waals surface area contributed by atoms with Crippen molar-refractivity contribution in [1.29, 1.82) is 0 Å². The molecule has 0 radical (unpaired) electrons. The molecule has 0 aliphatic rings. The third-order valence-corrected chi connectivity index (χ3v) is 2.83. The number of carbonyl (C=O) groups excluding carboxylic acids is 1. The van der Waals surface area contributed by atoms with E-state index >= 15 is 0 Å². The molecule has 0 bridgehead atoms. The summed E-state index contributed by atoms with van der Waals surface area (Å²) in [7, 11) is 0. The molecule has 3 nitrogen and oxygen atoms in total. The van der Waals surface area contributed by atoms with Crippen LogP contribution in [0.5, 0.6) is 5.75 Å². The number of nitrogens with one attached hydrogen (secondary N) is 1. The van der Waals surface area contributed by atoms with E-state index in [0.717, 1.165) is 24.2 Å². The number of carbonyl (C=O) groups is 1. The lowest BCUT2D eigenvalue weighted by Crippen LogP contribution is -2.26. The number of ether oxygens (including phenoxy) is 1. The summed E-state index contributed by atoms with van der Waals surface area (Å²) >= 11 is 0. The van der Waals surface area contributed by atoms with Crippen molar-refractivity contribution in [3.63, 3.8) is 0 Å². The molecule has 1 aromatic rings. The van der Waals surface area contributed by atoms with Crippen molar-refractivity contribution in [1.82, 2.24) is 5.32 Å². The molecular weight excluding hydrogens is 226 g/mol. The second-order valence-corrected chi connectivity index (χ2v) is 4.39. The summed E-state index contributed by atoms with van der Waals surface area (Å²) in [4.78, 5) is 11.6. The van der Waals surface area contributed by atoms with Crippen LogP contribution in [0.2, 0.25) is 0 Å². The quantitative estimate of drug-likeness (QED) is 0.803. The Balaban J connectivity index is 2.50. The molecule has 18 heavy (non-hydrogen) atoms. The van der Waals surface area contributed by atoms with Crippen molar-refractivity contribution in [3.05, 3.63) is 29.8 Å². The highest BCUT2D eigenvalue weighted by Crippen LogP contribution is 2.17. The summed E-state index contributed by atoms with van der Waals surface area (Å²) in [5, 5.41) is 3.00. The van der Waals surface area contributed by atoms with Crippen LogP contribution in [-0.2, 0) is 4.79 Å². The maximum absolute atomic E-state index is 11.6. The van der Waals surface area contributed by atoms with Crippen molar-refractivity contribution in [2.75, 3.05) is 6.61 Å². The molecule has 1 atom stereocenters. The predicted molar refractivity (Wildman–Crippen MR) is 73.7 cm³/mol. The van der Waals surface area contributed by atoms with Gasteiger partial charge in [-0.15, -0.1) is 0 Å². The average Bonchev–Trinajstić information content (AvgIpc) is 2.37. The van der Waals surface area contributed by atoms with Gasteiger partial charge in [0.2, 0.25) is 5.91 Å². The standard InChI is InChI=1S/C15H23NO2/c1-4-6-7-15(17)16-12(3)13-8-10-14(11-9-13)18-5-2/h8-12H,4-7H2,1-3H3,(H,16,17). The van der Waals surface area contributed by atoms with Crippen LogP contribution in [0.3, 0.4) is 0 Å². The van der Waals surface area contributed by atoms with Gasteiger partial charge in [-0.2, -0.15) is 0 Å². The number of rotatable bonds is 7. The van der Waals surface area contributed by atoms with E-state index in [1.807, 2.05) is 38.1 Å². The molecule has 1 aromatic carbocycles. The van der Waals surface area contributed by atoms with Crippen LogP contribution in [0.1, 0.15) is 51.6 Å². The van der Waals surface area contributed by atoms with Gasteiger partial charge in [-0.25, -0.2) is 0 Å². The Labute approximate surface area is 110 Å². The lowest BCUT2D eigenvalue weighted by molar-refractivity contribution is -0.121. The van der Waals surface area contributed by atoms with E-state index in [-0.39, 0.29) is 11.9 Å². The molecule has 0 aliphatic carbocycles. The minimum atomic E-state index is 0.0463. The Morgan fingerprint density at radius 3 is 2.50 bits per heavy atom. The zero-order valence-corrected chi connectivity index (χ0v) is 11.5. The van der Waals surface area contributed by atoms with Crippen molar-refractivity contribution in [3.8, 4) is 5.75 Å². The van der Waals surface area contributed by atoms with Gasteiger partial charge in [0.05, 0.1) is 12.6 Å². The molecule has 0 aliphatic heterocycles. The normalized spacial score (nSPS) is 11.9. The Kier molecular flexibility index (Phi) is 6.26. The monoisotopic (exact) mass is 249 g/mol. The SMILES string of the molecule is CCCCC(=O)NC(C)c1ccc(OCC)cc1. The van der Waals surface area contributed by atoms with E-state index in [2.05, 4.69) is 12.2 Å². The Bertz CT molecular complexity index is 359. The van der Waals surface area contributed by atoms with Crippen LogP contribution < -0.4 is 10.1 Å². The second kappa shape index (κ2) is 7.75. The van der Waals surface area contributed by atoms with Gasteiger partial charge in [-0.3, -0.25) is 4.79 Å². The summed E-state index contributed by atoms with van der Waals surface area (Å²) in [5.74, 6) is 0.990. The van der Waals surface area contributed by atoms with Crippen LogP contribution in [-0.4, -0.2) is 12.5 Å². The second-order valence-electron chi connectivity index (χ2n) is 4.39. The first-order chi connectivity index (χ1) is 8.67. The van der Waals surface area contributed by atoms with E-state index in [4.69, 9.17) is 4.74 Å². The maximum Gasteiger partial charge on any atom is 0.220 e. The van der Waals surface area contributed by atoms with Crippen LogP contribution in [0.15, 0.2) is 24.3 Å². The Hall–Kier alpha value is -1.51. The summed E-state index contributed by atoms with van der Waals surface area (Å²) in [6.45, 7) is 6.72. The van der Waals surface area contributed by atoms with E-state index in [0.29, 0.717) is 13.0 Å². The van der Waals surface area contributed by atoms with E-state index in [9.17, 15) is 4.79 Å². The highest BCUT2D eigenvalue weighted by atomic mass is 16.5. The highest BCUT2D eigenvalue weighted by molar-refractivity contribution is 5.76. The van der Waals surface area contributed by atoms with Crippen molar-refractivity contribution in [2.24, 2.45) is 0 Å². The molecule has 1 rings (SSSR count). The van der Waals surface area contributed by atoms with Gasteiger partial charge in [0.1, 0.15) is 5.75 Å². The predicted octanol–water partition coefficient (Wildman–Crippen LogP) is 3.45. The number of hydrogen-bond donors (Lipinski definition) is 1. The molecule has 3 heteroatoms. The van der Waals surface area contributed by atoms with Gasteiger partial charge in [-0.05, 0) is 38.0 Å². The molecular formula is C15H23NO2. The number of benzene rings is 1. The van der Waals surface area contributed by atoms with Gasteiger partial charge in [0, 0.05) is 6.42 Å². The number of amides is 1. The maximum atomic E-state index is 11.6. The topological polar surface area (TPSA) is 38.3 Å². The zero-order valence-electron chi connectivity index (χ0n) is 11.5. The minimum absolute atomic E-state index is 0.0463. The van der Waals surface area contributed by atoms with E-state index < -0.39 is 0 Å². The van der Waals surface area contributed by atoms with Crippen LogP contribution in [0, 0.1) is 0 Å². The fourth-order valence-electron chi connectivity index (χ4n) is 1.75. The Morgan fingerprint density at radius 2 is 1.94 bits per heavy atom. The largest absolute Gasteiger partial charge is 0.494 e. The van der Waals surface area contributed by atoms with Gasteiger partial charge < -0.3 is 10.1 Å². The van der Waals surface area contributed by atoms with Crippen molar-refractivity contribution < 1.29 is 9.53 Å². The summed E-state index contributed by atoms with van der Waals surface area (Å²) in [5.41, 5.74) is 1.10. The summed E-state index contributed by atoms with van der Waals surface area (Å²) in [6, 6.07) is 7.91.